The average Bonchev–Trinajstić information content (AvgIpc) is 2.58. The molecule has 0 bridgehead atoms. The number of rotatable bonds is 10. The van der Waals surface area contributed by atoms with Crippen molar-refractivity contribution in [3.63, 3.8) is 0 Å². The van der Waals surface area contributed by atoms with Crippen molar-refractivity contribution < 1.29 is 18.7 Å². The SMILES string of the molecule is BrCCCCBr.CCOC(=O)c1ccc(OCCCCBr)c(F)c1. The highest BCUT2D eigenvalue weighted by Crippen LogP contribution is 2.19. The first kappa shape index (κ1) is 23.9. The number of hydrogen-bond acceptors (Lipinski definition) is 3. The van der Waals surface area contributed by atoms with E-state index in [1.807, 2.05) is 0 Å². The first-order chi connectivity index (χ1) is 11.6. The Labute approximate surface area is 169 Å². The summed E-state index contributed by atoms with van der Waals surface area (Å²) in [5.74, 6) is -0.903. The number of ether oxygens (including phenoxy) is 2. The summed E-state index contributed by atoms with van der Waals surface area (Å²) in [4.78, 5) is 11.4. The summed E-state index contributed by atoms with van der Waals surface area (Å²) in [6.07, 6.45) is 4.39. The Morgan fingerprint density at radius 3 is 2.12 bits per heavy atom. The number of benzene rings is 1. The Bertz CT molecular complexity index is 455. The van der Waals surface area contributed by atoms with Crippen LogP contribution in [-0.4, -0.2) is 35.2 Å². The molecule has 1 rings (SSSR count). The molecule has 0 aromatic heterocycles. The van der Waals surface area contributed by atoms with Gasteiger partial charge in [-0.3, -0.25) is 0 Å². The smallest absolute Gasteiger partial charge is 0.338 e. The molecule has 0 heterocycles. The van der Waals surface area contributed by atoms with Gasteiger partial charge in [-0.2, -0.15) is 0 Å². The molecule has 24 heavy (non-hydrogen) atoms. The molecule has 0 radical (unpaired) electrons. The third kappa shape index (κ3) is 11.4. The summed E-state index contributed by atoms with van der Waals surface area (Å²) in [6, 6.07) is 4.09. The number of halogens is 4. The maximum atomic E-state index is 13.6. The first-order valence-corrected chi connectivity index (χ1v) is 11.2. The quantitative estimate of drug-likeness (QED) is 0.206. The van der Waals surface area contributed by atoms with E-state index in [0.717, 1.165) is 34.9 Å². The Kier molecular flexibility index (Phi) is 16.2. The van der Waals surface area contributed by atoms with E-state index in [0.29, 0.717) is 6.61 Å². The normalized spacial score (nSPS) is 9.88. The largest absolute Gasteiger partial charge is 0.491 e. The monoisotopic (exact) mass is 532 g/mol. The first-order valence-electron chi connectivity index (χ1n) is 7.88. The van der Waals surface area contributed by atoms with Gasteiger partial charge in [0.1, 0.15) is 0 Å². The predicted molar refractivity (Wildman–Crippen MR) is 108 cm³/mol. The lowest BCUT2D eigenvalue weighted by atomic mass is 10.2. The molecule has 0 N–H and O–H groups in total. The van der Waals surface area contributed by atoms with Crippen LogP contribution in [0.2, 0.25) is 0 Å². The summed E-state index contributed by atoms with van der Waals surface area (Å²) in [5.41, 5.74) is 0.196. The highest BCUT2D eigenvalue weighted by Gasteiger charge is 2.11. The Morgan fingerprint density at radius 1 is 1.04 bits per heavy atom. The molecule has 0 spiro atoms. The molecule has 0 aliphatic rings. The molecular formula is C17H24Br3FO3. The van der Waals surface area contributed by atoms with Gasteiger partial charge >= 0.3 is 5.97 Å². The molecular weight excluding hydrogens is 511 g/mol. The fourth-order valence-electron chi connectivity index (χ4n) is 1.53. The van der Waals surface area contributed by atoms with Crippen LogP contribution in [0.4, 0.5) is 4.39 Å². The van der Waals surface area contributed by atoms with Crippen LogP contribution in [0.1, 0.15) is 43.0 Å². The van der Waals surface area contributed by atoms with E-state index in [2.05, 4.69) is 47.8 Å². The number of alkyl halides is 3. The van der Waals surface area contributed by atoms with Crippen molar-refractivity contribution in [2.75, 3.05) is 29.2 Å². The Balaban J connectivity index is 0.000000754. The third-order valence-corrected chi connectivity index (χ3v) is 4.43. The zero-order valence-corrected chi connectivity index (χ0v) is 18.6. The molecule has 7 heteroatoms. The van der Waals surface area contributed by atoms with Crippen molar-refractivity contribution >= 4 is 53.8 Å². The van der Waals surface area contributed by atoms with Gasteiger partial charge in [-0.25, -0.2) is 9.18 Å². The van der Waals surface area contributed by atoms with Crippen molar-refractivity contribution in [2.45, 2.75) is 32.6 Å². The van der Waals surface area contributed by atoms with Crippen LogP contribution in [0.3, 0.4) is 0 Å². The second-order valence-corrected chi connectivity index (χ2v) is 7.07. The minimum Gasteiger partial charge on any atom is -0.491 e. The number of carbonyl (C=O) groups is 1. The molecule has 0 atom stereocenters. The van der Waals surface area contributed by atoms with E-state index in [9.17, 15) is 9.18 Å². The van der Waals surface area contributed by atoms with Gasteiger partial charge < -0.3 is 9.47 Å². The van der Waals surface area contributed by atoms with E-state index in [-0.39, 0.29) is 17.9 Å². The van der Waals surface area contributed by atoms with Crippen molar-refractivity contribution in [1.29, 1.82) is 0 Å². The van der Waals surface area contributed by atoms with E-state index < -0.39 is 11.8 Å². The molecule has 0 amide bonds. The Morgan fingerprint density at radius 2 is 1.62 bits per heavy atom. The van der Waals surface area contributed by atoms with Crippen LogP contribution < -0.4 is 4.74 Å². The van der Waals surface area contributed by atoms with Gasteiger partial charge in [0.25, 0.3) is 0 Å². The lowest BCUT2D eigenvalue weighted by Crippen LogP contribution is -2.06. The molecule has 0 unspecified atom stereocenters. The minimum absolute atomic E-state index is 0.164. The summed E-state index contributed by atoms with van der Waals surface area (Å²) in [6.45, 7) is 2.43. The van der Waals surface area contributed by atoms with Crippen LogP contribution in [-0.2, 0) is 4.74 Å². The van der Waals surface area contributed by atoms with Crippen molar-refractivity contribution in [1.82, 2.24) is 0 Å². The van der Waals surface area contributed by atoms with Crippen molar-refractivity contribution in [2.24, 2.45) is 0 Å². The third-order valence-electron chi connectivity index (χ3n) is 2.75. The lowest BCUT2D eigenvalue weighted by molar-refractivity contribution is 0.0525. The fourth-order valence-corrected chi connectivity index (χ4v) is 2.72. The van der Waals surface area contributed by atoms with Gasteiger partial charge in [0.2, 0.25) is 0 Å². The van der Waals surface area contributed by atoms with Crippen LogP contribution in [0.5, 0.6) is 5.75 Å². The summed E-state index contributed by atoms with van der Waals surface area (Å²) in [7, 11) is 0. The van der Waals surface area contributed by atoms with Gasteiger partial charge in [-0.1, -0.05) is 47.8 Å². The van der Waals surface area contributed by atoms with Gasteiger partial charge in [0.15, 0.2) is 11.6 Å². The lowest BCUT2D eigenvalue weighted by Gasteiger charge is -2.08. The second kappa shape index (κ2) is 16.3. The van der Waals surface area contributed by atoms with Gasteiger partial charge in [-0.15, -0.1) is 0 Å². The Hall–Kier alpha value is -0.140. The average molecular weight is 535 g/mol. The van der Waals surface area contributed by atoms with E-state index in [1.54, 1.807) is 6.92 Å². The summed E-state index contributed by atoms with van der Waals surface area (Å²) >= 11 is 9.97. The fraction of sp³-hybridized carbons (Fsp3) is 0.588. The minimum atomic E-state index is -0.542. The number of hydrogen-bond donors (Lipinski definition) is 0. The summed E-state index contributed by atoms with van der Waals surface area (Å²) in [5, 5.41) is 3.18. The predicted octanol–water partition coefficient (Wildman–Crippen LogP) is 6.11. The molecule has 1 aromatic rings. The van der Waals surface area contributed by atoms with Gasteiger partial charge in [0, 0.05) is 16.0 Å². The molecule has 3 nitrogen and oxygen atoms in total. The van der Waals surface area contributed by atoms with Gasteiger partial charge in [0.05, 0.1) is 18.8 Å². The summed E-state index contributed by atoms with van der Waals surface area (Å²) < 4.78 is 23.7. The molecule has 1 aromatic carbocycles. The van der Waals surface area contributed by atoms with Gasteiger partial charge in [-0.05, 0) is 50.8 Å². The highest BCUT2D eigenvalue weighted by atomic mass is 79.9. The standard InChI is InChI=1S/C13H16BrFO3.C4H8Br2/c1-2-17-13(16)10-5-6-12(11(15)9-10)18-8-4-3-7-14;5-3-1-2-4-6/h5-6,9H,2-4,7-8H2,1H3;1-4H2. The molecule has 0 saturated carbocycles. The van der Waals surface area contributed by atoms with Crippen molar-refractivity contribution in [3.8, 4) is 5.75 Å². The molecule has 0 aliphatic heterocycles. The van der Waals surface area contributed by atoms with E-state index >= 15 is 0 Å². The van der Waals surface area contributed by atoms with Crippen LogP contribution in [0.25, 0.3) is 0 Å². The van der Waals surface area contributed by atoms with Crippen LogP contribution in [0, 0.1) is 5.82 Å². The molecule has 0 saturated heterocycles. The second-order valence-electron chi connectivity index (χ2n) is 4.70. The number of carbonyl (C=O) groups excluding carboxylic acids is 1. The van der Waals surface area contributed by atoms with Crippen LogP contribution >= 0.6 is 47.8 Å². The number of esters is 1. The zero-order chi connectivity index (χ0) is 18.2. The highest BCUT2D eigenvalue weighted by molar-refractivity contribution is 9.09. The number of unbranched alkanes of at least 4 members (excludes halogenated alkanes) is 2. The maximum Gasteiger partial charge on any atom is 0.338 e. The van der Waals surface area contributed by atoms with E-state index in [1.165, 1.54) is 25.0 Å². The molecule has 0 aliphatic carbocycles. The topological polar surface area (TPSA) is 35.5 Å². The zero-order valence-electron chi connectivity index (χ0n) is 13.8. The van der Waals surface area contributed by atoms with Crippen LogP contribution in [0.15, 0.2) is 18.2 Å². The molecule has 138 valence electrons. The van der Waals surface area contributed by atoms with E-state index in [4.69, 9.17) is 9.47 Å². The maximum absolute atomic E-state index is 13.6. The molecule has 0 fully saturated rings. The van der Waals surface area contributed by atoms with Crippen molar-refractivity contribution in [3.05, 3.63) is 29.6 Å².